The van der Waals surface area contributed by atoms with Crippen LogP contribution in [0.1, 0.15) is 17.7 Å². The molecule has 0 saturated carbocycles. The van der Waals surface area contributed by atoms with E-state index in [0.717, 1.165) is 51.4 Å². The van der Waals surface area contributed by atoms with E-state index in [2.05, 4.69) is 25.7 Å². The summed E-state index contributed by atoms with van der Waals surface area (Å²) in [6, 6.07) is 6.64. The molecule has 1 saturated heterocycles. The van der Waals surface area contributed by atoms with Gasteiger partial charge in [0, 0.05) is 56.8 Å². The Balaban J connectivity index is 1.39. The monoisotopic (exact) mass is 328 g/mol. The van der Waals surface area contributed by atoms with Crippen molar-refractivity contribution in [1.82, 2.24) is 19.7 Å². The summed E-state index contributed by atoms with van der Waals surface area (Å²) < 4.78 is 13.7. The molecule has 6 heteroatoms. The predicted molar refractivity (Wildman–Crippen MR) is 89.2 cm³/mol. The molecule has 2 atom stereocenters. The van der Waals surface area contributed by atoms with E-state index in [0.29, 0.717) is 18.6 Å². The second-order valence-corrected chi connectivity index (χ2v) is 6.69. The molecule has 0 unspecified atom stereocenters. The molecule has 4 rings (SSSR count). The van der Waals surface area contributed by atoms with Gasteiger partial charge >= 0.3 is 0 Å². The van der Waals surface area contributed by atoms with Crippen molar-refractivity contribution in [2.75, 3.05) is 26.4 Å². The molecule has 128 valence electrons. The van der Waals surface area contributed by atoms with Crippen LogP contribution >= 0.6 is 0 Å². The third kappa shape index (κ3) is 3.66. The van der Waals surface area contributed by atoms with Crippen molar-refractivity contribution in [1.29, 1.82) is 0 Å². The first-order valence-electron chi connectivity index (χ1n) is 8.67. The SMILES string of the molecule is c1cncc(COC[C@H]2CN([C@@H]3CCOC3)Cc3ccnn3C2)c1. The highest BCUT2D eigenvalue weighted by Crippen LogP contribution is 2.22. The largest absolute Gasteiger partial charge is 0.380 e. The van der Waals surface area contributed by atoms with Crippen LogP contribution in [0.3, 0.4) is 0 Å². The Morgan fingerprint density at radius 3 is 3.08 bits per heavy atom. The zero-order valence-corrected chi connectivity index (χ0v) is 13.9. The van der Waals surface area contributed by atoms with Crippen LogP contribution in [0, 0.1) is 5.92 Å². The number of hydrogen-bond donors (Lipinski definition) is 0. The molecule has 24 heavy (non-hydrogen) atoms. The molecule has 2 aliphatic heterocycles. The van der Waals surface area contributed by atoms with E-state index in [1.165, 1.54) is 5.69 Å². The van der Waals surface area contributed by atoms with Gasteiger partial charge in [-0.05, 0) is 24.1 Å². The van der Waals surface area contributed by atoms with Crippen LogP contribution in [0.25, 0.3) is 0 Å². The molecule has 6 nitrogen and oxygen atoms in total. The number of nitrogens with zero attached hydrogens (tertiary/aromatic N) is 4. The Labute approximate surface area is 142 Å². The standard InChI is InChI=1S/C18H24N4O2/c1-2-15(8-19-5-1)12-24-13-16-9-21(18-4-7-23-14-18)11-17-3-6-20-22(17)10-16/h1-3,5-6,8,16,18H,4,7,9-14H2/t16-,18+/m0/s1. The first-order valence-corrected chi connectivity index (χ1v) is 8.67. The molecule has 0 aromatic carbocycles. The van der Waals surface area contributed by atoms with Crippen molar-refractivity contribution in [3.05, 3.63) is 48.0 Å². The van der Waals surface area contributed by atoms with Crippen LogP contribution in [0.5, 0.6) is 0 Å². The molecule has 0 bridgehead atoms. The van der Waals surface area contributed by atoms with Gasteiger partial charge in [0.1, 0.15) is 0 Å². The third-order valence-electron chi connectivity index (χ3n) is 4.86. The van der Waals surface area contributed by atoms with Crippen LogP contribution < -0.4 is 0 Å². The summed E-state index contributed by atoms with van der Waals surface area (Å²) in [6.45, 7) is 5.97. The topological polar surface area (TPSA) is 52.4 Å². The lowest BCUT2D eigenvalue weighted by atomic mass is 10.1. The maximum absolute atomic E-state index is 5.98. The van der Waals surface area contributed by atoms with Gasteiger partial charge in [-0.25, -0.2) is 0 Å². The molecule has 2 aromatic rings. The van der Waals surface area contributed by atoms with Gasteiger partial charge in [0.05, 0.1) is 25.5 Å². The fourth-order valence-corrected chi connectivity index (χ4v) is 3.59. The van der Waals surface area contributed by atoms with E-state index in [9.17, 15) is 0 Å². The normalized spacial score (nSPS) is 24.7. The molecular formula is C18H24N4O2. The maximum Gasteiger partial charge on any atom is 0.0731 e. The van der Waals surface area contributed by atoms with E-state index in [-0.39, 0.29) is 0 Å². The van der Waals surface area contributed by atoms with Gasteiger partial charge in [-0.3, -0.25) is 14.6 Å². The molecular weight excluding hydrogens is 304 g/mol. The highest BCUT2D eigenvalue weighted by molar-refractivity contribution is 5.07. The van der Waals surface area contributed by atoms with Gasteiger partial charge in [-0.2, -0.15) is 5.10 Å². The molecule has 0 N–H and O–H groups in total. The van der Waals surface area contributed by atoms with Crippen LogP contribution in [0.15, 0.2) is 36.8 Å². The average Bonchev–Trinajstić information content (AvgIpc) is 3.25. The van der Waals surface area contributed by atoms with E-state index in [4.69, 9.17) is 9.47 Å². The van der Waals surface area contributed by atoms with E-state index < -0.39 is 0 Å². The molecule has 0 aliphatic carbocycles. The highest BCUT2D eigenvalue weighted by atomic mass is 16.5. The predicted octanol–water partition coefficient (Wildman–Crippen LogP) is 1.72. The smallest absolute Gasteiger partial charge is 0.0731 e. The number of fused-ring (bicyclic) bond motifs is 1. The number of ether oxygens (including phenoxy) is 2. The second-order valence-electron chi connectivity index (χ2n) is 6.69. The quantitative estimate of drug-likeness (QED) is 0.836. The third-order valence-corrected chi connectivity index (χ3v) is 4.86. The molecule has 2 aromatic heterocycles. The van der Waals surface area contributed by atoms with Crippen molar-refractivity contribution < 1.29 is 9.47 Å². The van der Waals surface area contributed by atoms with Gasteiger partial charge in [0.15, 0.2) is 0 Å². The van der Waals surface area contributed by atoms with Crippen LogP contribution in [-0.2, 0) is 29.2 Å². The summed E-state index contributed by atoms with van der Waals surface area (Å²) in [5.74, 6) is 0.434. The van der Waals surface area contributed by atoms with E-state index in [1.807, 2.05) is 24.5 Å². The van der Waals surface area contributed by atoms with Crippen LogP contribution in [-0.4, -0.2) is 52.1 Å². The summed E-state index contributed by atoms with van der Waals surface area (Å²) in [5.41, 5.74) is 2.41. The van der Waals surface area contributed by atoms with E-state index >= 15 is 0 Å². The molecule has 2 aliphatic rings. The molecule has 0 radical (unpaired) electrons. The van der Waals surface area contributed by atoms with Crippen LogP contribution in [0.4, 0.5) is 0 Å². The first kappa shape index (κ1) is 15.7. The van der Waals surface area contributed by atoms with Gasteiger partial charge in [-0.1, -0.05) is 6.07 Å². The summed E-state index contributed by atoms with van der Waals surface area (Å²) in [4.78, 5) is 6.68. The van der Waals surface area contributed by atoms with Crippen molar-refractivity contribution >= 4 is 0 Å². The second kappa shape index (κ2) is 7.42. The van der Waals surface area contributed by atoms with Crippen molar-refractivity contribution in [3.63, 3.8) is 0 Å². The first-order chi connectivity index (χ1) is 11.9. The Bertz CT molecular complexity index is 639. The Hall–Kier alpha value is -1.76. The maximum atomic E-state index is 5.98. The van der Waals surface area contributed by atoms with Gasteiger partial charge in [0.2, 0.25) is 0 Å². The number of aromatic nitrogens is 3. The Morgan fingerprint density at radius 2 is 2.25 bits per heavy atom. The molecule has 0 amide bonds. The van der Waals surface area contributed by atoms with Crippen molar-refractivity contribution in [2.24, 2.45) is 5.92 Å². The van der Waals surface area contributed by atoms with Crippen LogP contribution in [0.2, 0.25) is 0 Å². The zero-order valence-electron chi connectivity index (χ0n) is 13.9. The Kier molecular flexibility index (Phi) is 4.87. The Morgan fingerprint density at radius 1 is 1.25 bits per heavy atom. The number of hydrogen-bond acceptors (Lipinski definition) is 5. The minimum atomic E-state index is 0.434. The van der Waals surface area contributed by atoms with Crippen molar-refractivity contribution in [3.8, 4) is 0 Å². The lowest BCUT2D eigenvalue weighted by molar-refractivity contribution is 0.0558. The van der Waals surface area contributed by atoms with Gasteiger partial charge < -0.3 is 9.47 Å². The van der Waals surface area contributed by atoms with E-state index in [1.54, 1.807) is 6.20 Å². The summed E-state index contributed by atoms with van der Waals surface area (Å²) in [6.07, 6.45) is 6.67. The minimum Gasteiger partial charge on any atom is -0.380 e. The number of rotatable bonds is 5. The summed E-state index contributed by atoms with van der Waals surface area (Å²) in [5, 5.41) is 4.49. The fraction of sp³-hybridized carbons (Fsp3) is 0.556. The zero-order chi connectivity index (χ0) is 16.2. The summed E-state index contributed by atoms with van der Waals surface area (Å²) in [7, 11) is 0. The number of pyridine rings is 1. The minimum absolute atomic E-state index is 0.434. The highest BCUT2D eigenvalue weighted by Gasteiger charge is 2.29. The fourth-order valence-electron chi connectivity index (χ4n) is 3.59. The molecule has 1 fully saturated rings. The average molecular weight is 328 g/mol. The molecule has 0 spiro atoms. The summed E-state index contributed by atoms with van der Waals surface area (Å²) >= 11 is 0. The van der Waals surface area contributed by atoms with Gasteiger partial charge in [0.25, 0.3) is 0 Å². The lowest BCUT2D eigenvalue weighted by Crippen LogP contribution is -2.38. The van der Waals surface area contributed by atoms with Crippen molar-refractivity contribution in [2.45, 2.75) is 32.2 Å². The lowest BCUT2D eigenvalue weighted by Gasteiger charge is -2.28. The molecule has 4 heterocycles. The van der Waals surface area contributed by atoms with Gasteiger partial charge in [-0.15, -0.1) is 0 Å².